The van der Waals surface area contributed by atoms with Gasteiger partial charge in [0.1, 0.15) is 23.4 Å². The van der Waals surface area contributed by atoms with Gasteiger partial charge in [-0.1, -0.05) is 6.07 Å². The Balaban J connectivity index is 1.44. The summed E-state index contributed by atoms with van der Waals surface area (Å²) in [5, 5.41) is 3.57. The number of hydrogen-bond donors (Lipinski definition) is 1. The van der Waals surface area contributed by atoms with Crippen LogP contribution in [0.4, 0.5) is 5.69 Å². The Labute approximate surface area is 185 Å². The van der Waals surface area contributed by atoms with Gasteiger partial charge in [0.25, 0.3) is 5.91 Å². The molecule has 0 bridgehead atoms. The van der Waals surface area contributed by atoms with E-state index in [-0.39, 0.29) is 5.91 Å². The molecule has 3 heterocycles. The molecule has 1 amide bonds. The van der Waals surface area contributed by atoms with Crippen molar-refractivity contribution < 1.29 is 13.9 Å². The van der Waals surface area contributed by atoms with E-state index in [0.29, 0.717) is 23.4 Å². The number of ether oxygens (including phenoxy) is 1. The van der Waals surface area contributed by atoms with Crippen LogP contribution >= 0.6 is 0 Å². The van der Waals surface area contributed by atoms with Gasteiger partial charge in [0.2, 0.25) is 0 Å². The number of fused-ring (bicyclic) bond motifs is 2. The highest BCUT2D eigenvalue weighted by Crippen LogP contribution is 2.36. The normalized spacial score (nSPS) is 13.1. The molecule has 2 aromatic heterocycles. The van der Waals surface area contributed by atoms with Crippen LogP contribution in [0.15, 0.2) is 65.7 Å². The largest absolute Gasteiger partial charge is 0.463 e. The first-order valence-electron chi connectivity index (χ1n) is 10.5. The summed E-state index contributed by atoms with van der Waals surface area (Å²) in [4.78, 5) is 18.8. The molecule has 0 radical (unpaired) electrons. The summed E-state index contributed by atoms with van der Waals surface area (Å²) in [7, 11) is 4.02. The van der Waals surface area contributed by atoms with E-state index < -0.39 is 0 Å². The zero-order valence-electron chi connectivity index (χ0n) is 18.3. The lowest BCUT2D eigenvalue weighted by Crippen LogP contribution is -2.23. The number of nitrogens with one attached hydrogen (secondary N) is 1. The molecule has 0 fully saturated rings. The summed E-state index contributed by atoms with van der Waals surface area (Å²) in [5.74, 6) is 1.31. The smallest absolute Gasteiger partial charge is 0.255 e. The number of likely N-dealkylation sites (N-methyl/N-ethyl adjacent to an activating group) is 1. The van der Waals surface area contributed by atoms with Crippen molar-refractivity contribution in [3.05, 3.63) is 72.4 Å². The van der Waals surface area contributed by atoms with E-state index >= 15 is 0 Å². The Morgan fingerprint density at radius 3 is 2.88 bits per heavy atom. The maximum Gasteiger partial charge on any atom is 0.255 e. The molecule has 0 spiro atoms. The molecule has 32 heavy (non-hydrogen) atoms. The Morgan fingerprint density at radius 2 is 2.09 bits per heavy atom. The highest BCUT2D eigenvalue weighted by Gasteiger charge is 2.20. The van der Waals surface area contributed by atoms with Crippen LogP contribution in [0, 0.1) is 0 Å². The van der Waals surface area contributed by atoms with Crippen LogP contribution in [-0.2, 0) is 7.05 Å². The van der Waals surface area contributed by atoms with E-state index in [4.69, 9.17) is 9.15 Å². The van der Waals surface area contributed by atoms with Crippen LogP contribution in [0.3, 0.4) is 0 Å². The van der Waals surface area contributed by atoms with E-state index in [1.807, 2.05) is 42.9 Å². The lowest BCUT2D eigenvalue weighted by Gasteiger charge is -2.27. The molecule has 4 aromatic rings. The number of benzene rings is 2. The SMILES string of the molecule is CCNC(=O)c1coc2cc(OC3=CCN(C)c4cc(-c5cn(C)cn5)ccc43)ccc12. The second kappa shape index (κ2) is 7.92. The predicted molar refractivity (Wildman–Crippen MR) is 125 cm³/mol. The number of hydrogen-bond acceptors (Lipinski definition) is 5. The van der Waals surface area contributed by atoms with Gasteiger partial charge >= 0.3 is 0 Å². The first-order valence-corrected chi connectivity index (χ1v) is 10.5. The summed E-state index contributed by atoms with van der Waals surface area (Å²) >= 11 is 0. The zero-order valence-corrected chi connectivity index (χ0v) is 18.3. The van der Waals surface area contributed by atoms with Crippen molar-refractivity contribution in [2.24, 2.45) is 7.05 Å². The molecule has 1 N–H and O–H groups in total. The van der Waals surface area contributed by atoms with E-state index in [9.17, 15) is 4.79 Å². The van der Waals surface area contributed by atoms with Crippen molar-refractivity contribution in [2.75, 3.05) is 25.0 Å². The molecule has 0 unspecified atom stereocenters. The van der Waals surface area contributed by atoms with Crippen molar-refractivity contribution in [3.63, 3.8) is 0 Å². The van der Waals surface area contributed by atoms with Crippen molar-refractivity contribution >= 4 is 28.3 Å². The van der Waals surface area contributed by atoms with Gasteiger partial charge < -0.3 is 23.9 Å². The van der Waals surface area contributed by atoms with E-state index in [1.54, 1.807) is 6.33 Å². The van der Waals surface area contributed by atoms with Crippen molar-refractivity contribution in [1.82, 2.24) is 14.9 Å². The number of anilines is 1. The van der Waals surface area contributed by atoms with Crippen molar-refractivity contribution in [3.8, 4) is 17.0 Å². The van der Waals surface area contributed by atoms with Crippen LogP contribution in [0.1, 0.15) is 22.8 Å². The lowest BCUT2D eigenvalue weighted by molar-refractivity contribution is 0.0956. The van der Waals surface area contributed by atoms with Gasteiger partial charge in [-0.05, 0) is 37.3 Å². The fourth-order valence-corrected chi connectivity index (χ4v) is 3.93. The second-order valence-electron chi connectivity index (χ2n) is 7.87. The Bertz CT molecular complexity index is 1350. The highest BCUT2D eigenvalue weighted by atomic mass is 16.5. The van der Waals surface area contributed by atoms with Crippen LogP contribution in [-0.4, -0.2) is 35.6 Å². The Hall–Kier alpha value is -4.00. The molecule has 0 atom stereocenters. The summed E-state index contributed by atoms with van der Waals surface area (Å²) < 4.78 is 13.8. The molecule has 0 saturated heterocycles. The number of nitrogens with zero attached hydrogens (tertiary/aromatic N) is 3. The number of amides is 1. The first kappa shape index (κ1) is 19.9. The summed E-state index contributed by atoms with van der Waals surface area (Å²) in [6.45, 7) is 3.19. The average Bonchev–Trinajstić information content (AvgIpc) is 3.42. The molecular weight excluding hydrogens is 404 g/mol. The molecule has 2 aromatic carbocycles. The summed E-state index contributed by atoms with van der Waals surface area (Å²) in [5.41, 5.74) is 5.24. The van der Waals surface area contributed by atoms with Gasteiger partial charge in [0, 0.05) is 61.6 Å². The monoisotopic (exact) mass is 428 g/mol. The van der Waals surface area contributed by atoms with Gasteiger partial charge in [0.05, 0.1) is 17.6 Å². The third-order valence-corrected chi connectivity index (χ3v) is 5.58. The average molecular weight is 428 g/mol. The van der Waals surface area contributed by atoms with Gasteiger partial charge in [0.15, 0.2) is 0 Å². The molecule has 7 heteroatoms. The molecule has 1 aliphatic rings. The molecule has 1 aliphatic heterocycles. The quantitative estimate of drug-likeness (QED) is 0.508. The van der Waals surface area contributed by atoms with Crippen LogP contribution in [0.2, 0.25) is 0 Å². The number of carbonyl (C=O) groups excluding carboxylic acids is 1. The Kier molecular flexibility index (Phi) is 4.93. The summed E-state index contributed by atoms with van der Waals surface area (Å²) in [6.07, 6.45) is 7.36. The molecular formula is C25H24N4O3. The third kappa shape index (κ3) is 3.51. The third-order valence-electron chi connectivity index (χ3n) is 5.58. The molecule has 5 rings (SSSR count). The van der Waals surface area contributed by atoms with E-state index in [1.165, 1.54) is 6.26 Å². The Morgan fingerprint density at radius 1 is 1.22 bits per heavy atom. The maximum atomic E-state index is 12.2. The first-order chi connectivity index (χ1) is 15.5. The van der Waals surface area contributed by atoms with Gasteiger partial charge in [-0.3, -0.25) is 4.79 Å². The fraction of sp³-hybridized carbons (Fsp3) is 0.200. The van der Waals surface area contributed by atoms with Crippen LogP contribution in [0.25, 0.3) is 28.0 Å². The topological polar surface area (TPSA) is 72.5 Å². The molecule has 7 nitrogen and oxygen atoms in total. The predicted octanol–water partition coefficient (Wildman–Crippen LogP) is 4.45. The lowest BCUT2D eigenvalue weighted by atomic mass is 10.0. The number of rotatable bonds is 5. The molecule has 162 valence electrons. The van der Waals surface area contributed by atoms with Crippen LogP contribution < -0.4 is 15.0 Å². The second-order valence-corrected chi connectivity index (χ2v) is 7.87. The highest BCUT2D eigenvalue weighted by molar-refractivity contribution is 6.06. The minimum absolute atomic E-state index is 0.143. The number of aromatic nitrogens is 2. The van der Waals surface area contributed by atoms with Crippen LogP contribution in [0.5, 0.6) is 5.75 Å². The van der Waals surface area contributed by atoms with Gasteiger partial charge in [-0.2, -0.15) is 0 Å². The fourth-order valence-electron chi connectivity index (χ4n) is 3.93. The minimum atomic E-state index is -0.143. The van der Waals surface area contributed by atoms with E-state index in [0.717, 1.165) is 40.2 Å². The van der Waals surface area contributed by atoms with Crippen molar-refractivity contribution in [1.29, 1.82) is 0 Å². The molecule has 0 saturated carbocycles. The maximum absolute atomic E-state index is 12.2. The zero-order chi connectivity index (χ0) is 22.2. The number of furan rings is 1. The molecule has 0 aliphatic carbocycles. The number of aryl methyl sites for hydroxylation is 1. The van der Waals surface area contributed by atoms with Gasteiger partial charge in [-0.25, -0.2) is 4.98 Å². The number of carbonyl (C=O) groups is 1. The number of imidazole rings is 1. The minimum Gasteiger partial charge on any atom is -0.463 e. The van der Waals surface area contributed by atoms with Crippen molar-refractivity contribution in [2.45, 2.75) is 6.92 Å². The summed E-state index contributed by atoms with van der Waals surface area (Å²) in [6, 6.07) is 11.8. The van der Waals surface area contributed by atoms with Gasteiger partial charge in [-0.15, -0.1) is 0 Å². The standard InChI is InChI=1S/C25H24N4O3/c1-4-26-25(30)20-14-31-24-12-17(6-8-18(20)24)32-23-9-10-29(3)22-11-16(5-7-19(22)23)21-13-28(2)15-27-21/h5-9,11-15H,4,10H2,1-3H3,(H,26,30). The van der Waals surface area contributed by atoms with E-state index in [2.05, 4.69) is 46.5 Å².